The van der Waals surface area contributed by atoms with Crippen LogP contribution in [0.15, 0.2) is 0 Å². The van der Waals surface area contributed by atoms with Gasteiger partial charge >= 0.3 is 0 Å². The van der Waals surface area contributed by atoms with Gasteiger partial charge in [-0.1, -0.05) is 0 Å². The van der Waals surface area contributed by atoms with E-state index in [1.54, 1.807) is 7.11 Å². The van der Waals surface area contributed by atoms with Crippen LogP contribution in [0.5, 0.6) is 0 Å². The largest absolute Gasteiger partial charge is 0.389 e. The van der Waals surface area contributed by atoms with Crippen LogP contribution in [0.1, 0.15) is 26.2 Å². The molecule has 5 heteroatoms. The van der Waals surface area contributed by atoms with Crippen molar-refractivity contribution in [3.05, 3.63) is 0 Å². The monoisotopic (exact) mass is 274 g/mol. The third-order valence-corrected chi connectivity index (χ3v) is 3.73. The molecule has 0 aromatic carbocycles. The molecule has 0 saturated carbocycles. The Bertz CT molecular complexity index is 221. The molecule has 1 aliphatic heterocycles. The number of likely N-dealkylation sites (tertiary alicyclic amines) is 1. The summed E-state index contributed by atoms with van der Waals surface area (Å²) in [5.41, 5.74) is 5.59. The number of nitrogens with zero attached hydrogens (tertiary/aromatic N) is 1. The summed E-state index contributed by atoms with van der Waals surface area (Å²) in [5, 5.41) is 9.96. The molecule has 114 valence electrons. The smallest absolute Gasteiger partial charge is 0.0900 e. The summed E-state index contributed by atoms with van der Waals surface area (Å²) >= 11 is 0. The van der Waals surface area contributed by atoms with Gasteiger partial charge in [0.1, 0.15) is 0 Å². The number of nitrogens with two attached hydrogens (primary N) is 1. The highest BCUT2D eigenvalue weighted by Crippen LogP contribution is 2.19. The first-order valence-corrected chi connectivity index (χ1v) is 7.36. The quantitative estimate of drug-likeness (QED) is 0.639. The van der Waals surface area contributed by atoms with Crippen LogP contribution >= 0.6 is 0 Å². The Labute approximate surface area is 117 Å². The molecule has 0 amide bonds. The molecule has 1 fully saturated rings. The summed E-state index contributed by atoms with van der Waals surface area (Å²) in [7, 11) is 1.65. The van der Waals surface area contributed by atoms with Crippen LogP contribution in [0, 0.1) is 5.92 Å². The minimum absolute atomic E-state index is 0.0370. The summed E-state index contributed by atoms with van der Waals surface area (Å²) in [6.45, 7) is 6.53. The van der Waals surface area contributed by atoms with Crippen LogP contribution in [0.3, 0.4) is 0 Å². The van der Waals surface area contributed by atoms with E-state index in [4.69, 9.17) is 15.2 Å². The van der Waals surface area contributed by atoms with Gasteiger partial charge in [0.05, 0.1) is 25.4 Å². The van der Waals surface area contributed by atoms with Gasteiger partial charge in [0.25, 0.3) is 0 Å². The first-order valence-electron chi connectivity index (χ1n) is 7.36. The topological polar surface area (TPSA) is 68.0 Å². The van der Waals surface area contributed by atoms with E-state index in [2.05, 4.69) is 4.90 Å². The second kappa shape index (κ2) is 9.66. The van der Waals surface area contributed by atoms with Gasteiger partial charge in [-0.3, -0.25) is 0 Å². The Morgan fingerprint density at radius 3 is 2.58 bits per heavy atom. The van der Waals surface area contributed by atoms with Crippen LogP contribution in [0.4, 0.5) is 0 Å². The molecule has 1 saturated heterocycles. The number of β-amino-alcohol motifs (C(OH)–C–C–N with tert-alkyl or cyclic N) is 1. The fourth-order valence-corrected chi connectivity index (χ4v) is 2.60. The molecule has 0 aliphatic carbocycles. The molecule has 3 N–H and O–H groups in total. The summed E-state index contributed by atoms with van der Waals surface area (Å²) in [6, 6.07) is 0. The van der Waals surface area contributed by atoms with Crippen LogP contribution in [0.2, 0.25) is 0 Å². The van der Waals surface area contributed by atoms with E-state index in [-0.39, 0.29) is 6.10 Å². The first kappa shape index (κ1) is 16.9. The molecule has 1 heterocycles. The number of piperidine rings is 1. The van der Waals surface area contributed by atoms with E-state index in [0.717, 1.165) is 32.0 Å². The molecule has 0 radical (unpaired) electrons. The fraction of sp³-hybridized carbons (Fsp3) is 1.00. The maximum atomic E-state index is 9.96. The fourth-order valence-electron chi connectivity index (χ4n) is 2.60. The lowest BCUT2D eigenvalue weighted by molar-refractivity contribution is -0.0417. The minimum Gasteiger partial charge on any atom is -0.389 e. The Morgan fingerprint density at radius 2 is 2.00 bits per heavy atom. The highest BCUT2D eigenvalue weighted by molar-refractivity contribution is 4.74. The number of aliphatic hydroxyl groups is 1. The van der Waals surface area contributed by atoms with Crippen molar-refractivity contribution in [1.29, 1.82) is 0 Å². The van der Waals surface area contributed by atoms with E-state index in [9.17, 15) is 5.11 Å². The molecule has 0 aromatic heterocycles. The first-order chi connectivity index (χ1) is 9.15. The molecule has 0 spiro atoms. The van der Waals surface area contributed by atoms with Gasteiger partial charge in [-0.2, -0.15) is 0 Å². The summed E-state index contributed by atoms with van der Waals surface area (Å²) in [5.74, 6) is 0.774. The zero-order valence-corrected chi connectivity index (χ0v) is 12.4. The van der Waals surface area contributed by atoms with Crippen molar-refractivity contribution in [2.24, 2.45) is 11.7 Å². The van der Waals surface area contributed by atoms with E-state index in [1.165, 1.54) is 12.8 Å². The number of aliphatic hydroxyl groups excluding tert-OH is 1. The Kier molecular flexibility index (Phi) is 8.57. The third-order valence-electron chi connectivity index (χ3n) is 3.73. The molecule has 2 unspecified atom stereocenters. The lowest BCUT2D eigenvalue weighted by Gasteiger charge is -2.33. The maximum absolute atomic E-state index is 9.96. The average molecular weight is 274 g/mol. The second-order valence-corrected chi connectivity index (χ2v) is 5.57. The predicted molar refractivity (Wildman–Crippen MR) is 76.1 cm³/mol. The number of rotatable bonds is 9. The number of methoxy groups -OCH3 is 1. The van der Waals surface area contributed by atoms with Crippen LogP contribution < -0.4 is 5.73 Å². The van der Waals surface area contributed by atoms with Gasteiger partial charge in [-0.25, -0.2) is 0 Å². The predicted octanol–water partition coefficient (Wildman–Crippen LogP) is 0.460. The lowest BCUT2D eigenvalue weighted by atomic mass is 9.93. The third kappa shape index (κ3) is 7.22. The standard InChI is InChI=1S/C14H30N2O3/c1-12(10-18-2)19-11-14(17)9-16-7-4-13(3-6-15)5-8-16/h12-14,17H,3-11,15H2,1-2H3. The highest BCUT2D eigenvalue weighted by atomic mass is 16.5. The highest BCUT2D eigenvalue weighted by Gasteiger charge is 2.20. The average Bonchev–Trinajstić information content (AvgIpc) is 2.39. The van der Waals surface area contributed by atoms with Crippen molar-refractivity contribution in [3.63, 3.8) is 0 Å². The SMILES string of the molecule is COCC(C)OCC(O)CN1CCC(CCN)CC1. The van der Waals surface area contributed by atoms with Crippen molar-refractivity contribution in [2.75, 3.05) is 46.5 Å². The van der Waals surface area contributed by atoms with Crippen molar-refractivity contribution in [2.45, 2.75) is 38.4 Å². The number of hydrogen-bond donors (Lipinski definition) is 2. The van der Waals surface area contributed by atoms with Gasteiger partial charge in [0.15, 0.2) is 0 Å². The maximum Gasteiger partial charge on any atom is 0.0900 e. The van der Waals surface area contributed by atoms with Gasteiger partial charge in [-0.05, 0) is 51.7 Å². The second-order valence-electron chi connectivity index (χ2n) is 5.57. The van der Waals surface area contributed by atoms with E-state index in [0.29, 0.717) is 19.8 Å². The van der Waals surface area contributed by atoms with Crippen LogP contribution in [0.25, 0.3) is 0 Å². The summed E-state index contributed by atoms with van der Waals surface area (Å²) in [6.07, 6.45) is 3.16. The molecule has 1 rings (SSSR count). The van der Waals surface area contributed by atoms with Gasteiger partial charge in [0, 0.05) is 13.7 Å². The molecule has 19 heavy (non-hydrogen) atoms. The molecular weight excluding hydrogens is 244 g/mol. The molecule has 0 aromatic rings. The van der Waals surface area contributed by atoms with Crippen LogP contribution in [-0.2, 0) is 9.47 Å². The van der Waals surface area contributed by atoms with Gasteiger partial charge in [0.2, 0.25) is 0 Å². The Balaban J connectivity index is 2.11. The molecule has 0 bridgehead atoms. The molecule has 1 aliphatic rings. The van der Waals surface area contributed by atoms with Gasteiger partial charge in [-0.15, -0.1) is 0 Å². The lowest BCUT2D eigenvalue weighted by Crippen LogP contribution is -2.41. The van der Waals surface area contributed by atoms with Crippen molar-refractivity contribution in [3.8, 4) is 0 Å². The van der Waals surface area contributed by atoms with Crippen LogP contribution in [-0.4, -0.2) is 68.7 Å². The zero-order chi connectivity index (χ0) is 14.1. The van der Waals surface area contributed by atoms with Crippen molar-refractivity contribution >= 4 is 0 Å². The van der Waals surface area contributed by atoms with Gasteiger partial charge < -0.3 is 25.2 Å². The Hall–Kier alpha value is -0.200. The zero-order valence-electron chi connectivity index (χ0n) is 12.4. The van der Waals surface area contributed by atoms with Crippen molar-refractivity contribution < 1.29 is 14.6 Å². The molecule has 2 atom stereocenters. The molecular formula is C14H30N2O3. The van der Waals surface area contributed by atoms with E-state index in [1.807, 2.05) is 6.92 Å². The van der Waals surface area contributed by atoms with E-state index >= 15 is 0 Å². The van der Waals surface area contributed by atoms with Crippen molar-refractivity contribution in [1.82, 2.24) is 4.90 Å². The summed E-state index contributed by atoms with van der Waals surface area (Å²) in [4.78, 5) is 2.32. The Morgan fingerprint density at radius 1 is 1.32 bits per heavy atom. The number of hydrogen-bond acceptors (Lipinski definition) is 5. The summed E-state index contributed by atoms with van der Waals surface area (Å²) < 4.78 is 10.5. The van der Waals surface area contributed by atoms with E-state index < -0.39 is 6.10 Å². The normalized spacial score (nSPS) is 21.5. The minimum atomic E-state index is -0.412. The number of ether oxygens (including phenoxy) is 2. The molecule has 5 nitrogen and oxygen atoms in total.